The molecule has 2 amide bonds. The summed E-state index contributed by atoms with van der Waals surface area (Å²) in [6.07, 6.45) is -3.93. The molecule has 0 spiro atoms. The number of benzene rings is 2. The van der Waals surface area contributed by atoms with E-state index in [0.29, 0.717) is 22.9 Å². The number of amides is 2. The number of urea groups is 1. The Labute approximate surface area is 182 Å². The Hall–Kier alpha value is -3.63. The van der Waals surface area contributed by atoms with Crippen molar-refractivity contribution >= 4 is 17.4 Å². The summed E-state index contributed by atoms with van der Waals surface area (Å²) in [6, 6.07) is 12.5. The number of hydrogen-bond donors (Lipinski definition) is 4. The Morgan fingerprint density at radius 1 is 1.00 bits per heavy atom. The second kappa shape index (κ2) is 9.67. The number of ether oxygens (including phenoxy) is 1. The molecular weight excluding hydrogens is 425 g/mol. The molecule has 7 nitrogen and oxygen atoms in total. The van der Waals surface area contributed by atoms with Crippen LogP contribution < -0.4 is 20.7 Å². The van der Waals surface area contributed by atoms with E-state index < -0.39 is 24.0 Å². The number of aryl methyl sites for hydroxylation is 1. The lowest BCUT2D eigenvalue weighted by Crippen LogP contribution is -2.20. The molecule has 1 atom stereocenters. The normalized spacial score (nSPS) is 12.2. The first-order chi connectivity index (χ1) is 15.2. The number of aliphatic hydroxyl groups excluding tert-OH is 1. The van der Waals surface area contributed by atoms with E-state index in [-0.39, 0.29) is 11.3 Å². The number of nitrogens with zero attached hydrogens (tertiary/aromatic N) is 1. The average Bonchev–Trinajstić information content (AvgIpc) is 2.75. The van der Waals surface area contributed by atoms with Gasteiger partial charge in [-0.2, -0.15) is 13.2 Å². The Kier molecular flexibility index (Phi) is 6.96. The minimum Gasteiger partial charge on any atom is -0.457 e. The fraction of sp³-hybridized carbons (Fsp3) is 0.182. The van der Waals surface area contributed by atoms with Gasteiger partial charge in [-0.1, -0.05) is 6.07 Å². The van der Waals surface area contributed by atoms with E-state index in [0.717, 1.165) is 6.07 Å². The topological polar surface area (TPSA) is 95.5 Å². The van der Waals surface area contributed by atoms with Gasteiger partial charge in [0.05, 0.1) is 11.3 Å². The van der Waals surface area contributed by atoms with Crippen molar-refractivity contribution < 1.29 is 27.8 Å². The summed E-state index contributed by atoms with van der Waals surface area (Å²) in [4.78, 5) is 16.2. The SMILES string of the molecule is CNC(O)c1cc(Oc2ccc(NC(=O)Nc3ccc(C)c(C(F)(F)F)c3)cc2)ccn1. The van der Waals surface area contributed by atoms with Crippen LogP contribution in [0.2, 0.25) is 0 Å². The van der Waals surface area contributed by atoms with Crippen molar-refractivity contribution in [3.8, 4) is 11.5 Å². The van der Waals surface area contributed by atoms with Gasteiger partial charge in [-0.25, -0.2) is 4.79 Å². The van der Waals surface area contributed by atoms with Gasteiger partial charge in [0.15, 0.2) is 0 Å². The number of aliphatic hydroxyl groups is 1. The first-order valence-corrected chi connectivity index (χ1v) is 9.51. The van der Waals surface area contributed by atoms with Gasteiger partial charge in [0.2, 0.25) is 0 Å². The highest BCUT2D eigenvalue weighted by Gasteiger charge is 2.32. The van der Waals surface area contributed by atoms with Crippen LogP contribution in [0.25, 0.3) is 0 Å². The van der Waals surface area contributed by atoms with Gasteiger partial charge >= 0.3 is 12.2 Å². The summed E-state index contributed by atoms with van der Waals surface area (Å²) in [5.41, 5.74) is 0.0977. The molecule has 3 aromatic rings. The van der Waals surface area contributed by atoms with Gasteiger partial charge in [0.1, 0.15) is 17.7 Å². The zero-order valence-electron chi connectivity index (χ0n) is 17.2. The average molecular weight is 446 g/mol. The third-order valence-electron chi connectivity index (χ3n) is 4.45. The molecule has 0 radical (unpaired) electrons. The maximum atomic E-state index is 13.0. The molecule has 32 heavy (non-hydrogen) atoms. The number of pyridine rings is 1. The van der Waals surface area contributed by atoms with Crippen LogP contribution in [-0.2, 0) is 6.18 Å². The molecule has 10 heteroatoms. The van der Waals surface area contributed by atoms with Gasteiger partial charge in [-0.15, -0.1) is 0 Å². The van der Waals surface area contributed by atoms with Crippen LogP contribution in [0.15, 0.2) is 60.8 Å². The van der Waals surface area contributed by atoms with Crippen molar-refractivity contribution in [3.63, 3.8) is 0 Å². The van der Waals surface area contributed by atoms with Crippen molar-refractivity contribution in [2.24, 2.45) is 0 Å². The van der Waals surface area contributed by atoms with Crippen LogP contribution in [0.1, 0.15) is 23.0 Å². The Morgan fingerprint density at radius 2 is 1.66 bits per heavy atom. The molecule has 4 N–H and O–H groups in total. The van der Waals surface area contributed by atoms with Crippen molar-refractivity contribution in [2.75, 3.05) is 17.7 Å². The standard InChI is InChI=1S/C22H21F3N4O3/c1-13-3-4-15(11-18(13)22(23,24)25)29-21(31)28-14-5-7-16(8-6-14)32-17-9-10-27-19(12-17)20(30)26-2/h3-12,20,26,30H,1-2H3,(H2,28,29,31). The predicted molar refractivity (Wildman–Crippen MR) is 114 cm³/mol. The molecule has 0 aliphatic rings. The quantitative estimate of drug-likeness (QED) is 0.397. The van der Waals surface area contributed by atoms with Crippen molar-refractivity contribution in [2.45, 2.75) is 19.3 Å². The smallest absolute Gasteiger partial charge is 0.416 e. The summed E-state index contributed by atoms with van der Waals surface area (Å²) in [6.45, 7) is 1.35. The second-order valence-corrected chi connectivity index (χ2v) is 6.84. The zero-order chi connectivity index (χ0) is 23.3. The van der Waals surface area contributed by atoms with Crippen LogP contribution in [0, 0.1) is 6.92 Å². The number of hydrogen-bond acceptors (Lipinski definition) is 5. The Morgan fingerprint density at radius 3 is 2.31 bits per heavy atom. The first kappa shape index (κ1) is 23.0. The van der Waals surface area contributed by atoms with Crippen LogP contribution in [-0.4, -0.2) is 23.2 Å². The summed E-state index contributed by atoms with van der Waals surface area (Å²) >= 11 is 0. The van der Waals surface area contributed by atoms with E-state index in [9.17, 15) is 23.1 Å². The van der Waals surface area contributed by atoms with E-state index in [4.69, 9.17) is 4.74 Å². The van der Waals surface area contributed by atoms with Gasteiger partial charge in [-0.05, 0) is 62.0 Å². The molecule has 0 aliphatic heterocycles. The predicted octanol–water partition coefficient (Wildman–Crippen LogP) is 5.06. The largest absolute Gasteiger partial charge is 0.457 e. The van der Waals surface area contributed by atoms with E-state index in [1.54, 1.807) is 43.4 Å². The highest BCUT2D eigenvalue weighted by molar-refractivity contribution is 5.99. The Balaban J connectivity index is 1.62. The zero-order valence-corrected chi connectivity index (χ0v) is 17.2. The molecule has 0 fully saturated rings. The molecule has 0 saturated heterocycles. The van der Waals surface area contributed by atoms with Gasteiger partial charge < -0.3 is 20.5 Å². The molecule has 0 saturated carbocycles. The number of aromatic nitrogens is 1. The van der Waals surface area contributed by atoms with E-state index in [1.165, 1.54) is 25.3 Å². The molecule has 1 aromatic heterocycles. The number of nitrogens with one attached hydrogen (secondary N) is 3. The summed E-state index contributed by atoms with van der Waals surface area (Å²) in [5, 5.41) is 17.4. The maximum Gasteiger partial charge on any atom is 0.416 e. The third-order valence-corrected chi connectivity index (χ3v) is 4.45. The highest BCUT2D eigenvalue weighted by atomic mass is 19.4. The lowest BCUT2D eigenvalue weighted by molar-refractivity contribution is -0.138. The van der Waals surface area contributed by atoms with Crippen molar-refractivity contribution in [1.82, 2.24) is 10.3 Å². The number of alkyl halides is 3. The van der Waals surface area contributed by atoms with Crippen LogP contribution in [0.3, 0.4) is 0 Å². The molecule has 168 valence electrons. The molecule has 1 heterocycles. The van der Waals surface area contributed by atoms with Crippen LogP contribution in [0.5, 0.6) is 11.5 Å². The minimum absolute atomic E-state index is 0.0256. The fourth-order valence-electron chi connectivity index (χ4n) is 2.83. The van der Waals surface area contributed by atoms with Gasteiger partial charge in [0, 0.05) is 23.6 Å². The second-order valence-electron chi connectivity index (χ2n) is 6.84. The molecule has 3 rings (SSSR count). The van der Waals surface area contributed by atoms with E-state index in [1.807, 2.05) is 0 Å². The number of anilines is 2. The van der Waals surface area contributed by atoms with E-state index in [2.05, 4.69) is 20.9 Å². The number of rotatable bonds is 6. The summed E-state index contributed by atoms with van der Waals surface area (Å²) in [7, 11) is 1.59. The van der Waals surface area contributed by atoms with Gasteiger partial charge in [-0.3, -0.25) is 10.3 Å². The lowest BCUT2D eigenvalue weighted by atomic mass is 10.1. The number of carbonyl (C=O) groups excluding carboxylic acids is 1. The van der Waals surface area contributed by atoms with Crippen LogP contribution in [0.4, 0.5) is 29.3 Å². The summed E-state index contributed by atoms with van der Waals surface area (Å²) in [5.74, 6) is 0.933. The Bertz CT molecular complexity index is 1090. The molecule has 0 aliphatic carbocycles. The van der Waals surface area contributed by atoms with Crippen molar-refractivity contribution in [3.05, 3.63) is 77.6 Å². The molecule has 1 unspecified atom stereocenters. The van der Waals surface area contributed by atoms with Gasteiger partial charge in [0.25, 0.3) is 0 Å². The summed E-state index contributed by atoms with van der Waals surface area (Å²) < 4.78 is 44.8. The fourth-order valence-corrected chi connectivity index (χ4v) is 2.83. The molecule has 0 bridgehead atoms. The minimum atomic E-state index is -4.51. The molecule has 2 aromatic carbocycles. The third kappa shape index (κ3) is 5.96. The molecular formula is C22H21F3N4O3. The maximum absolute atomic E-state index is 13.0. The monoisotopic (exact) mass is 446 g/mol. The van der Waals surface area contributed by atoms with Crippen molar-refractivity contribution in [1.29, 1.82) is 0 Å². The first-order valence-electron chi connectivity index (χ1n) is 9.51. The van der Waals surface area contributed by atoms with E-state index >= 15 is 0 Å². The number of halogens is 3. The van der Waals surface area contributed by atoms with Crippen LogP contribution >= 0.6 is 0 Å². The highest BCUT2D eigenvalue weighted by Crippen LogP contribution is 2.33. The lowest BCUT2D eigenvalue weighted by Gasteiger charge is -2.13. The number of carbonyl (C=O) groups is 1.